The predicted octanol–water partition coefficient (Wildman–Crippen LogP) is 5.72. The van der Waals surface area contributed by atoms with E-state index in [9.17, 15) is 9.66 Å². The molecule has 10 heteroatoms. The molecule has 3 aromatic rings. The Kier molecular flexibility index (Phi) is 7.69. The summed E-state index contributed by atoms with van der Waals surface area (Å²) in [6.45, 7) is 5.65. The van der Waals surface area contributed by atoms with Gasteiger partial charge in [-0.05, 0) is 44.5 Å². The summed E-state index contributed by atoms with van der Waals surface area (Å²) in [5.74, 6) is 0. The fraction of sp³-hybridized carbons (Fsp3) is 0.300. The lowest BCUT2D eigenvalue weighted by atomic mass is 10.0. The molecule has 0 aliphatic rings. The number of aliphatic hydroxyl groups is 1. The van der Waals surface area contributed by atoms with Crippen molar-refractivity contribution in [2.24, 2.45) is 0 Å². The largest absolute Gasteiger partial charge is 0.598 e. The molecule has 2 heterocycles. The molecule has 0 saturated carbocycles. The Morgan fingerprint density at radius 2 is 1.90 bits per heavy atom. The second-order valence-corrected chi connectivity index (χ2v) is 12.0. The summed E-state index contributed by atoms with van der Waals surface area (Å²) in [7, 11) is 0. The summed E-state index contributed by atoms with van der Waals surface area (Å²) in [5.41, 5.74) is 1.87. The van der Waals surface area contributed by atoms with Crippen LogP contribution in [0.3, 0.4) is 0 Å². The lowest BCUT2D eigenvalue weighted by Crippen LogP contribution is -2.41. The average molecular weight is 505 g/mol. The van der Waals surface area contributed by atoms with E-state index >= 15 is 0 Å². The van der Waals surface area contributed by atoms with Gasteiger partial charge in [0.25, 0.3) is 0 Å². The number of rotatable bonds is 6. The van der Waals surface area contributed by atoms with Gasteiger partial charge in [-0.25, -0.2) is 9.97 Å². The fourth-order valence-electron chi connectivity index (χ4n) is 2.68. The van der Waals surface area contributed by atoms with Crippen LogP contribution in [-0.4, -0.2) is 24.4 Å². The van der Waals surface area contributed by atoms with E-state index in [1.807, 2.05) is 32.9 Å². The Bertz CT molecular complexity index is 1030. The van der Waals surface area contributed by atoms with Gasteiger partial charge in [-0.3, -0.25) is 0 Å². The molecule has 0 saturated heterocycles. The molecule has 5 nitrogen and oxygen atoms in total. The molecular formula is C20H20Cl3N3O2S2. The van der Waals surface area contributed by atoms with Crippen LogP contribution in [0.2, 0.25) is 14.5 Å². The van der Waals surface area contributed by atoms with Crippen LogP contribution in [-0.2, 0) is 11.4 Å². The molecule has 1 aromatic carbocycles. The van der Waals surface area contributed by atoms with E-state index in [4.69, 9.17) is 34.8 Å². The lowest BCUT2D eigenvalue weighted by molar-refractivity contribution is 0.223. The van der Waals surface area contributed by atoms with Crippen molar-refractivity contribution >= 4 is 57.5 Å². The topological polar surface area (TPSA) is 81.1 Å². The van der Waals surface area contributed by atoms with E-state index < -0.39 is 28.3 Å². The maximum Gasteiger partial charge on any atom is 0.138 e. The zero-order chi connectivity index (χ0) is 22.1. The summed E-state index contributed by atoms with van der Waals surface area (Å²) >= 11 is 18.7. The number of nitrogens with zero attached hydrogens (tertiary/aromatic N) is 2. The first-order chi connectivity index (χ1) is 14.1. The summed E-state index contributed by atoms with van der Waals surface area (Å²) in [6.07, 6.45) is 1.74. The van der Waals surface area contributed by atoms with Crippen LogP contribution in [0.5, 0.6) is 0 Å². The maximum absolute atomic E-state index is 12.9. The van der Waals surface area contributed by atoms with Gasteiger partial charge in [0.2, 0.25) is 0 Å². The zero-order valence-corrected chi connectivity index (χ0v) is 20.3. The molecule has 0 aliphatic carbocycles. The van der Waals surface area contributed by atoms with Crippen molar-refractivity contribution in [2.75, 3.05) is 0 Å². The van der Waals surface area contributed by atoms with Crippen molar-refractivity contribution < 1.29 is 9.66 Å². The van der Waals surface area contributed by atoms with Crippen molar-refractivity contribution in [3.05, 3.63) is 78.9 Å². The van der Waals surface area contributed by atoms with E-state index in [0.717, 1.165) is 5.56 Å². The molecule has 0 bridgehead atoms. The molecule has 0 spiro atoms. The molecule has 0 fully saturated rings. The number of halogens is 3. The van der Waals surface area contributed by atoms with Crippen molar-refractivity contribution in [1.29, 1.82) is 0 Å². The number of nitrogens with one attached hydrogen (secondary N) is 1. The molecule has 3 atom stereocenters. The van der Waals surface area contributed by atoms with Crippen LogP contribution in [0.1, 0.15) is 54.5 Å². The fourth-order valence-corrected chi connectivity index (χ4v) is 5.26. The smallest absolute Gasteiger partial charge is 0.138 e. The third-order valence-corrected chi connectivity index (χ3v) is 7.81. The third-order valence-electron chi connectivity index (χ3n) is 4.26. The highest BCUT2D eigenvalue weighted by Crippen LogP contribution is 2.41. The van der Waals surface area contributed by atoms with Gasteiger partial charge in [-0.1, -0.05) is 46.9 Å². The van der Waals surface area contributed by atoms with Gasteiger partial charge in [0.15, 0.2) is 0 Å². The van der Waals surface area contributed by atoms with E-state index in [2.05, 4.69) is 14.7 Å². The molecule has 0 aliphatic heterocycles. The molecule has 3 unspecified atom stereocenters. The van der Waals surface area contributed by atoms with Crippen LogP contribution in [0.25, 0.3) is 0 Å². The maximum atomic E-state index is 12.9. The molecule has 160 valence electrons. The first-order valence-electron chi connectivity index (χ1n) is 8.94. The Morgan fingerprint density at radius 1 is 1.17 bits per heavy atom. The van der Waals surface area contributed by atoms with Crippen molar-refractivity contribution in [1.82, 2.24) is 14.7 Å². The predicted molar refractivity (Wildman–Crippen MR) is 125 cm³/mol. The normalized spacial score (nSPS) is 15.1. The number of hydrogen-bond acceptors (Lipinski definition) is 6. The van der Waals surface area contributed by atoms with Crippen molar-refractivity contribution in [2.45, 2.75) is 37.7 Å². The van der Waals surface area contributed by atoms with E-state index in [0.29, 0.717) is 25.4 Å². The SMILES string of the molecule is CC(C)(C)[S+]([O-])NC(c1cccc(Cl)c1)c1cc(C(O)c2cncnc2Cl)sc1Cl. The summed E-state index contributed by atoms with van der Waals surface area (Å²) < 4.78 is 16.0. The summed E-state index contributed by atoms with van der Waals surface area (Å²) in [5, 5.41) is 11.5. The van der Waals surface area contributed by atoms with Crippen LogP contribution in [0.15, 0.2) is 42.9 Å². The van der Waals surface area contributed by atoms with Gasteiger partial charge >= 0.3 is 0 Å². The summed E-state index contributed by atoms with van der Waals surface area (Å²) in [6, 6.07) is 8.56. The Balaban J connectivity index is 2.02. The van der Waals surface area contributed by atoms with Crippen LogP contribution in [0.4, 0.5) is 0 Å². The molecule has 0 amide bonds. The van der Waals surface area contributed by atoms with Crippen molar-refractivity contribution in [3.63, 3.8) is 0 Å². The highest BCUT2D eigenvalue weighted by Gasteiger charge is 2.33. The Morgan fingerprint density at radius 3 is 2.53 bits per heavy atom. The van der Waals surface area contributed by atoms with Crippen LogP contribution >= 0.6 is 46.1 Å². The molecule has 30 heavy (non-hydrogen) atoms. The van der Waals surface area contributed by atoms with Gasteiger partial charge in [0.05, 0.1) is 4.34 Å². The van der Waals surface area contributed by atoms with E-state index in [1.54, 1.807) is 18.2 Å². The van der Waals surface area contributed by atoms with Gasteiger partial charge in [-0.2, -0.15) is 0 Å². The summed E-state index contributed by atoms with van der Waals surface area (Å²) in [4.78, 5) is 8.41. The quantitative estimate of drug-likeness (QED) is 0.331. The lowest BCUT2D eigenvalue weighted by Gasteiger charge is -2.28. The molecular weight excluding hydrogens is 485 g/mol. The van der Waals surface area contributed by atoms with Gasteiger partial charge in [0, 0.05) is 38.6 Å². The number of benzene rings is 1. The average Bonchev–Trinajstić information content (AvgIpc) is 3.06. The Labute approximate surface area is 197 Å². The number of thiophene rings is 1. The van der Waals surface area contributed by atoms with Gasteiger partial charge < -0.3 is 9.66 Å². The second kappa shape index (κ2) is 9.71. The molecule has 3 rings (SSSR count). The number of hydrogen-bond donors (Lipinski definition) is 2. The third kappa shape index (κ3) is 5.47. The van der Waals surface area contributed by atoms with E-state index in [1.165, 1.54) is 23.9 Å². The molecule has 0 radical (unpaired) electrons. The minimum absolute atomic E-state index is 0.168. The first-order valence-corrected chi connectivity index (χ1v) is 12.0. The van der Waals surface area contributed by atoms with Crippen molar-refractivity contribution in [3.8, 4) is 0 Å². The Hall–Kier alpha value is -0.900. The highest BCUT2D eigenvalue weighted by atomic mass is 35.5. The van der Waals surface area contributed by atoms with Gasteiger partial charge in [-0.15, -0.1) is 16.1 Å². The van der Waals surface area contributed by atoms with Crippen LogP contribution < -0.4 is 4.72 Å². The number of aliphatic hydroxyl groups excluding tert-OH is 1. The number of aromatic nitrogens is 2. The standard InChI is InChI=1S/C20H20Cl3N3O2S2/c1-20(2,3)30(28)26-16(11-5-4-6-12(21)7-11)13-8-15(29-19(13)23)17(27)14-9-24-10-25-18(14)22/h4-10,16-17,26-27H,1-3H3. The second-order valence-electron chi connectivity index (χ2n) is 7.54. The zero-order valence-electron chi connectivity index (χ0n) is 16.4. The monoisotopic (exact) mass is 503 g/mol. The molecule has 2 N–H and O–H groups in total. The molecule has 2 aromatic heterocycles. The van der Waals surface area contributed by atoms with Crippen LogP contribution in [0, 0.1) is 0 Å². The first kappa shape index (κ1) is 23.8. The highest BCUT2D eigenvalue weighted by molar-refractivity contribution is 7.90. The van der Waals surface area contributed by atoms with E-state index in [-0.39, 0.29) is 5.15 Å². The van der Waals surface area contributed by atoms with Gasteiger partial charge in [0.1, 0.15) is 28.4 Å². The minimum Gasteiger partial charge on any atom is -0.598 e. The minimum atomic E-state index is -1.38.